The number of alkyl halides is 1. The Bertz CT molecular complexity index is 837. The van der Waals surface area contributed by atoms with Crippen molar-refractivity contribution < 1.29 is 23.9 Å². The summed E-state index contributed by atoms with van der Waals surface area (Å²) in [7, 11) is 0. The van der Waals surface area contributed by atoms with Gasteiger partial charge in [-0.05, 0) is 32.9 Å². The van der Waals surface area contributed by atoms with Crippen LogP contribution in [0.25, 0.3) is 0 Å². The average molecular weight is 483 g/mol. The molecule has 0 spiro atoms. The quantitative estimate of drug-likeness (QED) is 0.380. The van der Waals surface area contributed by atoms with Crippen molar-refractivity contribution in [2.75, 3.05) is 17.7 Å². The van der Waals surface area contributed by atoms with E-state index in [0.717, 1.165) is 4.91 Å². The molecule has 0 aromatic heterocycles. The van der Waals surface area contributed by atoms with Crippen molar-refractivity contribution in [1.29, 1.82) is 0 Å². The normalized spacial score (nSPS) is 21.2. The summed E-state index contributed by atoms with van der Waals surface area (Å²) in [5.74, 6) is -0.0680. The fraction of sp³-hybridized carbons (Fsp3) is 0.450. The van der Waals surface area contributed by atoms with E-state index in [1.54, 1.807) is 32.9 Å². The summed E-state index contributed by atoms with van der Waals surface area (Å²) in [4.78, 5) is 39.9. The number of allylic oxidation sites excluding steroid dienone is 1. The summed E-state index contributed by atoms with van der Waals surface area (Å²) < 4.78 is 10.9. The van der Waals surface area contributed by atoms with Gasteiger partial charge in [0.2, 0.25) is 0 Å². The van der Waals surface area contributed by atoms with Crippen LogP contribution >= 0.6 is 27.7 Å². The Morgan fingerprint density at radius 3 is 2.59 bits per heavy atom. The summed E-state index contributed by atoms with van der Waals surface area (Å²) in [5.41, 5.74) is -0.413. The minimum absolute atomic E-state index is 0.185. The van der Waals surface area contributed by atoms with E-state index in [4.69, 9.17) is 9.47 Å². The molecule has 0 aliphatic carbocycles. The third-order valence-electron chi connectivity index (χ3n) is 4.30. The molecule has 1 N–H and O–H groups in total. The number of nitrogens with zero attached hydrogens (tertiary/aromatic N) is 1. The molecule has 29 heavy (non-hydrogen) atoms. The number of ether oxygens (including phenoxy) is 2. The summed E-state index contributed by atoms with van der Waals surface area (Å²) in [6.45, 7) is 5.15. The maximum Gasteiger partial charge on any atom is 0.356 e. The van der Waals surface area contributed by atoms with Crippen LogP contribution < -0.4 is 10.1 Å². The number of carbonyl (C=O) groups excluding carboxylic acids is 3. The van der Waals surface area contributed by atoms with E-state index >= 15 is 0 Å². The molecule has 2 aliphatic heterocycles. The van der Waals surface area contributed by atoms with Gasteiger partial charge in [-0.15, -0.1) is 11.8 Å². The number of amides is 2. The third-order valence-corrected chi connectivity index (χ3v) is 6.42. The molecule has 0 saturated carbocycles. The Morgan fingerprint density at radius 1 is 1.28 bits per heavy atom. The molecule has 2 aliphatic rings. The molecular formula is C20H23BrN2O5S. The monoisotopic (exact) mass is 482 g/mol. The van der Waals surface area contributed by atoms with Gasteiger partial charge in [-0.25, -0.2) is 4.79 Å². The standard InChI is InChI=1S/C20H23BrN2O5S/c1-20(2,3)28-19(26)17-14(9-21)29-11-13-16(18(25)23(13)17)22-15(24)10-27-12-7-5-4-6-8-12/h4-8,13,16H,9-11H2,1-3H3,(H,22,24)/t13-,16+/m0/s1. The van der Waals surface area contributed by atoms with Gasteiger partial charge in [0.25, 0.3) is 11.8 Å². The molecule has 0 unspecified atom stereocenters. The molecule has 1 aromatic rings. The molecular weight excluding hydrogens is 460 g/mol. The number of β-lactam (4-membered cyclic amide) rings is 1. The van der Waals surface area contributed by atoms with Crippen LogP contribution in [0.2, 0.25) is 0 Å². The predicted molar refractivity (Wildman–Crippen MR) is 114 cm³/mol. The van der Waals surface area contributed by atoms with Gasteiger partial charge in [-0.2, -0.15) is 0 Å². The molecule has 0 bridgehead atoms. The zero-order valence-electron chi connectivity index (χ0n) is 16.4. The fourth-order valence-corrected chi connectivity index (χ4v) is 4.92. The summed E-state index contributed by atoms with van der Waals surface area (Å²) in [6, 6.07) is 8.01. The predicted octanol–water partition coefficient (Wildman–Crippen LogP) is 2.46. The van der Waals surface area contributed by atoms with Crippen molar-refractivity contribution in [3.63, 3.8) is 0 Å². The number of rotatable bonds is 6. The number of thioether (sulfide) groups is 1. The first-order valence-electron chi connectivity index (χ1n) is 9.17. The summed E-state index contributed by atoms with van der Waals surface area (Å²) >= 11 is 4.87. The van der Waals surface area contributed by atoms with Gasteiger partial charge in [0.05, 0.1) is 6.04 Å². The molecule has 2 amide bonds. The SMILES string of the molecule is CC(C)(C)OC(=O)C1=C(CBr)SC[C@H]2[C@@H](NC(=O)COc3ccccc3)C(=O)N12. The van der Waals surface area contributed by atoms with Crippen molar-refractivity contribution in [3.8, 4) is 5.75 Å². The first-order chi connectivity index (χ1) is 13.7. The van der Waals surface area contributed by atoms with Crippen molar-refractivity contribution in [2.24, 2.45) is 0 Å². The van der Waals surface area contributed by atoms with E-state index in [0.29, 0.717) is 16.8 Å². The molecule has 2 atom stereocenters. The highest BCUT2D eigenvalue weighted by Gasteiger charge is 2.54. The second kappa shape index (κ2) is 8.79. The zero-order valence-corrected chi connectivity index (χ0v) is 18.8. The molecule has 3 rings (SSSR count). The van der Waals surface area contributed by atoms with Crippen LogP contribution in [0.4, 0.5) is 0 Å². The lowest BCUT2D eigenvalue weighted by Gasteiger charge is -2.50. The van der Waals surface area contributed by atoms with Gasteiger partial charge in [-0.3, -0.25) is 14.5 Å². The number of fused-ring (bicyclic) bond motifs is 1. The average Bonchev–Trinajstić information content (AvgIpc) is 2.68. The Hall–Kier alpha value is -2.00. The van der Waals surface area contributed by atoms with Crippen LogP contribution in [0, 0.1) is 0 Å². The highest BCUT2D eigenvalue weighted by atomic mass is 79.9. The first kappa shape index (κ1) is 21.7. The van der Waals surface area contributed by atoms with E-state index in [2.05, 4.69) is 21.2 Å². The van der Waals surface area contributed by atoms with Crippen molar-refractivity contribution in [3.05, 3.63) is 40.9 Å². The summed E-state index contributed by atoms with van der Waals surface area (Å²) in [5, 5.41) is 3.17. The maximum absolute atomic E-state index is 12.8. The molecule has 0 radical (unpaired) electrons. The third kappa shape index (κ3) is 4.95. The van der Waals surface area contributed by atoms with E-state index in [1.807, 2.05) is 18.2 Å². The van der Waals surface area contributed by atoms with Crippen molar-refractivity contribution >= 4 is 45.5 Å². The number of nitrogens with one attached hydrogen (secondary N) is 1. The maximum atomic E-state index is 12.8. The van der Waals surface area contributed by atoms with Crippen LogP contribution in [0.5, 0.6) is 5.75 Å². The van der Waals surface area contributed by atoms with Crippen molar-refractivity contribution in [1.82, 2.24) is 10.2 Å². The molecule has 7 nitrogen and oxygen atoms in total. The van der Waals surface area contributed by atoms with Crippen LogP contribution in [0.3, 0.4) is 0 Å². The first-order valence-corrected chi connectivity index (χ1v) is 11.3. The molecule has 1 saturated heterocycles. The van der Waals surface area contributed by atoms with Crippen molar-refractivity contribution in [2.45, 2.75) is 38.5 Å². The van der Waals surface area contributed by atoms with Crippen LogP contribution in [-0.4, -0.2) is 58.1 Å². The van der Waals surface area contributed by atoms with Crippen LogP contribution in [0.1, 0.15) is 20.8 Å². The second-order valence-corrected chi connectivity index (χ2v) is 9.32. The minimum atomic E-state index is -0.677. The topological polar surface area (TPSA) is 84.9 Å². The van der Waals surface area contributed by atoms with Gasteiger partial charge in [0.1, 0.15) is 23.1 Å². The number of hydrogen-bond acceptors (Lipinski definition) is 6. The van der Waals surface area contributed by atoms with Gasteiger partial charge in [0.15, 0.2) is 6.61 Å². The minimum Gasteiger partial charge on any atom is -0.484 e. The van der Waals surface area contributed by atoms with E-state index in [9.17, 15) is 14.4 Å². The lowest BCUT2D eigenvalue weighted by molar-refractivity contribution is -0.161. The Morgan fingerprint density at radius 2 is 1.97 bits per heavy atom. The lowest BCUT2D eigenvalue weighted by Crippen LogP contribution is -2.73. The van der Waals surface area contributed by atoms with Gasteiger partial charge in [0, 0.05) is 16.0 Å². The highest BCUT2D eigenvalue weighted by Crippen LogP contribution is 2.40. The Balaban J connectivity index is 1.65. The number of benzene rings is 1. The largest absolute Gasteiger partial charge is 0.484 e. The lowest BCUT2D eigenvalue weighted by atomic mass is 9.94. The second-order valence-electron chi connectivity index (χ2n) is 7.64. The number of para-hydroxylation sites is 1. The van der Waals surface area contributed by atoms with Gasteiger partial charge < -0.3 is 14.8 Å². The number of carbonyl (C=O) groups is 3. The number of hydrogen-bond donors (Lipinski definition) is 1. The Kier molecular flexibility index (Phi) is 6.58. The highest BCUT2D eigenvalue weighted by molar-refractivity contribution is 9.09. The summed E-state index contributed by atoms with van der Waals surface area (Å²) in [6.07, 6.45) is 0. The molecule has 9 heteroatoms. The molecule has 1 aromatic carbocycles. The van der Waals surface area contributed by atoms with E-state index in [-0.39, 0.29) is 30.2 Å². The fourth-order valence-electron chi connectivity index (χ4n) is 3.06. The number of halogens is 1. The van der Waals surface area contributed by atoms with E-state index < -0.39 is 17.6 Å². The van der Waals surface area contributed by atoms with Gasteiger partial charge >= 0.3 is 5.97 Å². The van der Waals surface area contributed by atoms with Crippen LogP contribution in [0.15, 0.2) is 40.9 Å². The van der Waals surface area contributed by atoms with E-state index in [1.165, 1.54) is 16.7 Å². The molecule has 156 valence electrons. The van der Waals surface area contributed by atoms with Crippen LogP contribution in [-0.2, 0) is 19.1 Å². The number of esters is 1. The molecule has 1 fully saturated rings. The van der Waals surface area contributed by atoms with Gasteiger partial charge in [-0.1, -0.05) is 34.1 Å². The zero-order chi connectivity index (χ0) is 21.2. The Labute approximate surface area is 182 Å². The molecule has 2 heterocycles. The smallest absolute Gasteiger partial charge is 0.356 e.